The van der Waals surface area contributed by atoms with Gasteiger partial charge in [-0.15, -0.1) is 0 Å². The molecule has 1 N–H and O–H groups in total. The Morgan fingerprint density at radius 1 is 0.364 bits per heavy atom. The first-order valence-electron chi connectivity index (χ1n) is 18.9. The lowest BCUT2D eigenvalue weighted by Gasteiger charge is -2.48. The zero-order valence-corrected chi connectivity index (χ0v) is 30.8. The highest BCUT2D eigenvalue weighted by atomic mass is 16.6. The maximum Gasteiger partial charge on any atom is 0.154 e. The van der Waals surface area contributed by atoms with Crippen molar-refractivity contribution < 1.29 is 33.5 Å². The Labute approximate surface area is 324 Å². The van der Waals surface area contributed by atoms with E-state index in [1.165, 1.54) is 0 Å². The van der Waals surface area contributed by atoms with Gasteiger partial charge >= 0.3 is 0 Å². The third kappa shape index (κ3) is 10.9. The Balaban J connectivity index is 1.19. The second kappa shape index (κ2) is 19.9. The lowest BCUT2D eigenvalue weighted by atomic mass is 9.78. The SMILES string of the molecule is O[C@H]1[C@H](COCc2ccccc2)[C@@H](OCc2ccccc2)C(OCc2ccccc2)[C@@H](OCc2ccccc2)[C@@H]1Oc1ccc(OCc2ccccc2)cc1. The van der Waals surface area contributed by atoms with Crippen molar-refractivity contribution in [3.63, 3.8) is 0 Å². The molecule has 6 aromatic rings. The average Bonchev–Trinajstić information content (AvgIpc) is 3.25. The van der Waals surface area contributed by atoms with Crippen molar-refractivity contribution in [1.82, 2.24) is 0 Å². The minimum absolute atomic E-state index is 0.207. The van der Waals surface area contributed by atoms with Gasteiger partial charge in [-0.25, -0.2) is 0 Å². The van der Waals surface area contributed by atoms with Gasteiger partial charge in [-0.05, 0) is 52.1 Å². The number of hydrogen-bond acceptors (Lipinski definition) is 7. The normalized spacial score (nSPS) is 20.8. The summed E-state index contributed by atoms with van der Waals surface area (Å²) in [5, 5.41) is 12.4. The molecule has 6 atom stereocenters. The Morgan fingerprint density at radius 2 is 0.727 bits per heavy atom. The van der Waals surface area contributed by atoms with Crippen LogP contribution in [-0.2, 0) is 52.0 Å². The minimum Gasteiger partial charge on any atom is -0.489 e. The zero-order valence-electron chi connectivity index (χ0n) is 30.8. The highest BCUT2D eigenvalue weighted by Gasteiger charge is 2.54. The van der Waals surface area contributed by atoms with Crippen molar-refractivity contribution in [2.24, 2.45) is 5.92 Å². The van der Waals surface area contributed by atoms with Gasteiger partial charge in [0.05, 0.1) is 39.1 Å². The van der Waals surface area contributed by atoms with E-state index in [0.29, 0.717) is 37.9 Å². The standard InChI is InChI=1S/C48H48O7/c49-44-43(35-50-30-36-16-6-1-7-17-36)45(52-32-38-20-10-3-11-21-38)47(53-33-39-22-12-4-13-23-39)48(54-34-40-24-14-5-15-25-40)46(44)55-42-28-26-41(27-29-42)51-31-37-18-8-2-9-19-37/h1-29,43-49H,30-35H2/t43-,44-,45+,46+,47?,48-/m0/s1. The van der Waals surface area contributed by atoms with E-state index in [2.05, 4.69) is 0 Å². The van der Waals surface area contributed by atoms with Gasteiger partial charge in [-0.1, -0.05) is 152 Å². The second-order valence-electron chi connectivity index (χ2n) is 13.8. The number of aliphatic hydroxyl groups is 1. The smallest absolute Gasteiger partial charge is 0.154 e. The van der Waals surface area contributed by atoms with Gasteiger partial charge in [0.1, 0.15) is 36.4 Å². The Hall–Kier alpha value is -5.28. The highest BCUT2D eigenvalue weighted by molar-refractivity contribution is 5.32. The van der Waals surface area contributed by atoms with Gasteiger partial charge in [0, 0.05) is 5.92 Å². The maximum absolute atomic E-state index is 12.4. The number of hydrogen-bond donors (Lipinski definition) is 1. The first-order chi connectivity index (χ1) is 27.2. The molecule has 1 saturated carbocycles. The Kier molecular flexibility index (Phi) is 13.7. The summed E-state index contributed by atoms with van der Waals surface area (Å²) in [6.45, 7) is 1.96. The van der Waals surface area contributed by atoms with Crippen LogP contribution in [0, 0.1) is 5.92 Å². The molecule has 1 fully saturated rings. The summed E-state index contributed by atoms with van der Waals surface area (Å²) in [5.41, 5.74) is 5.14. The Bertz CT molecular complexity index is 1940. The van der Waals surface area contributed by atoms with E-state index in [1.54, 1.807) is 0 Å². The van der Waals surface area contributed by atoms with Gasteiger partial charge < -0.3 is 33.5 Å². The first-order valence-corrected chi connectivity index (χ1v) is 18.9. The summed E-state index contributed by atoms with van der Waals surface area (Å²) in [5.74, 6) is 0.755. The van der Waals surface area contributed by atoms with Crippen molar-refractivity contribution in [2.75, 3.05) is 6.61 Å². The highest BCUT2D eigenvalue weighted by Crippen LogP contribution is 2.37. The molecule has 0 amide bonds. The van der Waals surface area contributed by atoms with Crippen molar-refractivity contribution in [1.29, 1.82) is 0 Å². The number of rotatable bonds is 18. The lowest BCUT2D eigenvalue weighted by molar-refractivity contribution is -0.251. The van der Waals surface area contributed by atoms with Gasteiger partial charge in [-0.3, -0.25) is 0 Å². The molecule has 6 aromatic carbocycles. The molecule has 0 aliphatic heterocycles. The molecule has 0 spiro atoms. The van der Waals surface area contributed by atoms with Crippen LogP contribution in [0.4, 0.5) is 0 Å². The van der Waals surface area contributed by atoms with Gasteiger partial charge in [0.2, 0.25) is 0 Å². The summed E-state index contributed by atoms with van der Waals surface area (Å²) < 4.78 is 39.6. The van der Waals surface area contributed by atoms with E-state index in [4.69, 9.17) is 28.4 Å². The quantitative estimate of drug-likeness (QED) is 0.0945. The zero-order chi connectivity index (χ0) is 37.5. The van der Waals surface area contributed by atoms with Crippen LogP contribution in [0.3, 0.4) is 0 Å². The molecule has 282 valence electrons. The topological polar surface area (TPSA) is 75.6 Å². The van der Waals surface area contributed by atoms with E-state index in [9.17, 15) is 5.11 Å². The molecule has 1 aliphatic rings. The van der Waals surface area contributed by atoms with E-state index < -0.39 is 36.4 Å². The first kappa shape index (κ1) is 38.0. The largest absolute Gasteiger partial charge is 0.489 e. The number of ether oxygens (including phenoxy) is 6. The summed E-state index contributed by atoms with van der Waals surface area (Å²) in [6.07, 6.45) is -3.84. The fraction of sp³-hybridized carbons (Fsp3) is 0.250. The molecule has 55 heavy (non-hydrogen) atoms. The second-order valence-corrected chi connectivity index (χ2v) is 13.8. The summed E-state index contributed by atoms with van der Waals surface area (Å²) in [4.78, 5) is 0. The van der Waals surface area contributed by atoms with Crippen LogP contribution in [0.1, 0.15) is 27.8 Å². The van der Waals surface area contributed by atoms with E-state index in [0.717, 1.165) is 27.8 Å². The van der Waals surface area contributed by atoms with Crippen LogP contribution in [0.15, 0.2) is 176 Å². The van der Waals surface area contributed by atoms with E-state index in [1.807, 2.05) is 176 Å². The minimum atomic E-state index is -1.04. The molecule has 7 rings (SSSR count). The monoisotopic (exact) mass is 736 g/mol. The summed E-state index contributed by atoms with van der Waals surface area (Å²) in [6, 6.07) is 57.6. The molecule has 0 bridgehead atoms. The molecule has 7 heteroatoms. The molecule has 0 heterocycles. The van der Waals surface area contributed by atoms with Crippen LogP contribution in [0.25, 0.3) is 0 Å². The predicted molar refractivity (Wildman–Crippen MR) is 212 cm³/mol. The van der Waals surface area contributed by atoms with Crippen molar-refractivity contribution in [3.05, 3.63) is 204 Å². The molecular weight excluding hydrogens is 689 g/mol. The molecule has 7 nitrogen and oxygen atoms in total. The number of aliphatic hydroxyl groups excluding tert-OH is 1. The fourth-order valence-electron chi connectivity index (χ4n) is 6.88. The lowest BCUT2D eigenvalue weighted by Crippen LogP contribution is -2.65. The molecule has 0 saturated heterocycles. The van der Waals surface area contributed by atoms with Crippen LogP contribution >= 0.6 is 0 Å². The number of benzene rings is 6. The molecule has 0 aromatic heterocycles. The van der Waals surface area contributed by atoms with Crippen LogP contribution in [0.5, 0.6) is 11.5 Å². The molecular formula is C48H48O7. The van der Waals surface area contributed by atoms with Crippen molar-refractivity contribution in [2.45, 2.75) is 63.6 Å². The molecule has 1 unspecified atom stereocenters. The van der Waals surface area contributed by atoms with E-state index >= 15 is 0 Å². The van der Waals surface area contributed by atoms with Crippen molar-refractivity contribution >= 4 is 0 Å². The van der Waals surface area contributed by atoms with Crippen LogP contribution < -0.4 is 9.47 Å². The van der Waals surface area contributed by atoms with Crippen LogP contribution in [0.2, 0.25) is 0 Å². The average molecular weight is 737 g/mol. The Morgan fingerprint density at radius 3 is 1.18 bits per heavy atom. The maximum atomic E-state index is 12.4. The van der Waals surface area contributed by atoms with Gasteiger partial charge in [0.25, 0.3) is 0 Å². The predicted octanol–water partition coefficient (Wildman–Crippen LogP) is 8.98. The van der Waals surface area contributed by atoms with Gasteiger partial charge in [0.15, 0.2) is 6.10 Å². The fourth-order valence-corrected chi connectivity index (χ4v) is 6.88. The molecule has 1 aliphatic carbocycles. The summed E-state index contributed by atoms with van der Waals surface area (Å²) in [7, 11) is 0. The van der Waals surface area contributed by atoms with Crippen LogP contribution in [-0.4, -0.2) is 42.2 Å². The van der Waals surface area contributed by atoms with Crippen molar-refractivity contribution in [3.8, 4) is 11.5 Å². The third-order valence-corrected chi connectivity index (χ3v) is 9.79. The third-order valence-electron chi connectivity index (χ3n) is 9.79. The molecule has 0 radical (unpaired) electrons. The summed E-state index contributed by atoms with van der Waals surface area (Å²) >= 11 is 0. The van der Waals surface area contributed by atoms with E-state index in [-0.39, 0.29) is 13.2 Å². The van der Waals surface area contributed by atoms with Gasteiger partial charge in [-0.2, -0.15) is 0 Å².